The Hall–Kier alpha value is -2.04. The molecule has 0 aliphatic heterocycles. The predicted molar refractivity (Wildman–Crippen MR) is 99.9 cm³/mol. The summed E-state index contributed by atoms with van der Waals surface area (Å²) in [6.07, 6.45) is 0.935. The van der Waals surface area contributed by atoms with Crippen LogP contribution in [0.2, 0.25) is 0 Å². The zero-order valence-corrected chi connectivity index (χ0v) is 16.6. The Labute approximate surface area is 162 Å². The van der Waals surface area contributed by atoms with Crippen LogP contribution in [0, 0.1) is 11.3 Å². The molecular weight excluding hydrogens is 454 g/mol. The normalized spacial score (nSPS) is 10.0. The number of carbonyl (C=O) groups is 1. The fraction of sp³-hybridized carbons (Fsp3) is 0.222. The van der Waals surface area contributed by atoms with Crippen molar-refractivity contribution < 1.29 is 19.0 Å². The summed E-state index contributed by atoms with van der Waals surface area (Å²) in [5.41, 5.74) is 0.445. The number of nitriles is 1. The molecule has 0 amide bonds. The van der Waals surface area contributed by atoms with Gasteiger partial charge < -0.3 is 14.2 Å². The van der Waals surface area contributed by atoms with Crippen LogP contribution in [0.25, 0.3) is 0 Å². The molecule has 0 bridgehead atoms. The lowest BCUT2D eigenvalue weighted by molar-refractivity contribution is -0.136. The molecule has 0 aromatic heterocycles. The SMILES string of the molecule is CCCOc1ccc(OCC(=O)Oc2c(Br)cc(C#N)cc2Br)cc1. The van der Waals surface area contributed by atoms with Gasteiger partial charge >= 0.3 is 5.97 Å². The van der Waals surface area contributed by atoms with E-state index in [0.717, 1.165) is 12.2 Å². The number of hydrogen-bond acceptors (Lipinski definition) is 5. The summed E-state index contributed by atoms with van der Waals surface area (Å²) in [6, 6.07) is 12.2. The molecule has 25 heavy (non-hydrogen) atoms. The van der Waals surface area contributed by atoms with Gasteiger partial charge in [-0.15, -0.1) is 0 Å². The molecular formula is C18H15Br2NO4. The van der Waals surface area contributed by atoms with E-state index in [1.165, 1.54) is 0 Å². The highest BCUT2D eigenvalue weighted by Crippen LogP contribution is 2.34. The maximum atomic E-state index is 12.0. The third-order valence-corrected chi connectivity index (χ3v) is 4.17. The molecule has 2 rings (SSSR count). The number of nitrogens with zero attached hydrogens (tertiary/aromatic N) is 1. The van der Waals surface area contributed by atoms with E-state index in [4.69, 9.17) is 19.5 Å². The first-order valence-corrected chi connectivity index (χ1v) is 9.07. The fourth-order valence-corrected chi connectivity index (χ4v) is 3.21. The van der Waals surface area contributed by atoms with Gasteiger partial charge in [-0.25, -0.2) is 4.79 Å². The third-order valence-electron chi connectivity index (χ3n) is 3.00. The maximum absolute atomic E-state index is 12.0. The van der Waals surface area contributed by atoms with Crippen molar-refractivity contribution in [3.8, 4) is 23.3 Å². The quantitative estimate of drug-likeness (QED) is 0.428. The highest BCUT2D eigenvalue weighted by atomic mass is 79.9. The van der Waals surface area contributed by atoms with Gasteiger partial charge in [-0.05, 0) is 74.7 Å². The summed E-state index contributed by atoms with van der Waals surface area (Å²) in [5.74, 6) is 1.04. The number of rotatable bonds is 7. The summed E-state index contributed by atoms with van der Waals surface area (Å²) < 4.78 is 17.2. The van der Waals surface area contributed by atoms with Crippen LogP contribution in [0.15, 0.2) is 45.3 Å². The topological polar surface area (TPSA) is 68.6 Å². The molecule has 2 aromatic rings. The lowest BCUT2D eigenvalue weighted by atomic mass is 10.2. The summed E-state index contributed by atoms with van der Waals surface area (Å²) in [5, 5.41) is 8.91. The summed E-state index contributed by atoms with van der Waals surface area (Å²) in [4.78, 5) is 12.0. The molecule has 0 saturated heterocycles. The second-order valence-electron chi connectivity index (χ2n) is 4.96. The van der Waals surface area contributed by atoms with Crippen molar-refractivity contribution in [2.24, 2.45) is 0 Å². The molecule has 5 nitrogen and oxygen atoms in total. The Kier molecular flexibility index (Phi) is 7.29. The van der Waals surface area contributed by atoms with Crippen LogP contribution in [0.1, 0.15) is 18.9 Å². The summed E-state index contributed by atoms with van der Waals surface area (Å²) >= 11 is 6.56. The van der Waals surface area contributed by atoms with E-state index in [-0.39, 0.29) is 6.61 Å². The Morgan fingerprint density at radius 1 is 1.08 bits per heavy atom. The molecule has 0 unspecified atom stereocenters. The van der Waals surface area contributed by atoms with E-state index in [2.05, 4.69) is 31.9 Å². The van der Waals surface area contributed by atoms with Crippen LogP contribution >= 0.6 is 31.9 Å². The first-order valence-electron chi connectivity index (χ1n) is 7.49. The van der Waals surface area contributed by atoms with E-state index in [9.17, 15) is 4.79 Å². The Morgan fingerprint density at radius 2 is 1.64 bits per heavy atom. The van der Waals surface area contributed by atoms with Gasteiger partial charge in [-0.1, -0.05) is 6.92 Å². The van der Waals surface area contributed by atoms with Crippen molar-refractivity contribution in [2.45, 2.75) is 13.3 Å². The van der Waals surface area contributed by atoms with Crippen molar-refractivity contribution in [3.05, 3.63) is 50.9 Å². The highest BCUT2D eigenvalue weighted by molar-refractivity contribution is 9.11. The largest absolute Gasteiger partial charge is 0.494 e. The molecule has 0 N–H and O–H groups in total. The molecule has 0 saturated carbocycles. The standard InChI is InChI=1S/C18H15Br2NO4/c1-2-7-23-13-3-5-14(6-4-13)24-11-17(22)25-18-15(19)8-12(10-21)9-16(18)20/h3-6,8-9H,2,7,11H2,1H3. The van der Waals surface area contributed by atoms with Crippen molar-refractivity contribution in [1.29, 1.82) is 5.26 Å². The van der Waals surface area contributed by atoms with Crippen LogP contribution < -0.4 is 14.2 Å². The van der Waals surface area contributed by atoms with E-state index >= 15 is 0 Å². The first kappa shape index (κ1) is 19.3. The summed E-state index contributed by atoms with van der Waals surface area (Å²) in [7, 11) is 0. The van der Waals surface area contributed by atoms with Crippen LogP contribution in [0.5, 0.6) is 17.2 Å². The van der Waals surface area contributed by atoms with Crippen molar-refractivity contribution in [3.63, 3.8) is 0 Å². The molecule has 0 aliphatic carbocycles. The second-order valence-corrected chi connectivity index (χ2v) is 6.67. The maximum Gasteiger partial charge on any atom is 0.349 e. The van der Waals surface area contributed by atoms with Gasteiger partial charge in [-0.2, -0.15) is 5.26 Å². The number of esters is 1. The molecule has 0 aliphatic rings. The Bertz CT molecular complexity index is 762. The zero-order chi connectivity index (χ0) is 18.2. The fourth-order valence-electron chi connectivity index (χ4n) is 1.86. The van der Waals surface area contributed by atoms with Crippen molar-refractivity contribution in [2.75, 3.05) is 13.2 Å². The average molecular weight is 469 g/mol. The zero-order valence-electron chi connectivity index (χ0n) is 13.4. The molecule has 0 spiro atoms. The number of hydrogen-bond donors (Lipinski definition) is 0. The minimum absolute atomic E-state index is 0.242. The molecule has 0 atom stereocenters. The van der Waals surface area contributed by atoms with E-state index in [1.54, 1.807) is 36.4 Å². The highest BCUT2D eigenvalue weighted by Gasteiger charge is 2.14. The van der Waals surface area contributed by atoms with E-state index in [1.807, 2.05) is 13.0 Å². The van der Waals surface area contributed by atoms with Gasteiger partial charge in [0.05, 0.1) is 27.2 Å². The minimum atomic E-state index is -0.558. The van der Waals surface area contributed by atoms with Crippen molar-refractivity contribution >= 4 is 37.8 Å². The van der Waals surface area contributed by atoms with Crippen LogP contribution in [0.3, 0.4) is 0 Å². The molecule has 0 fully saturated rings. The lowest BCUT2D eigenvalue weighted by Crippen LogP contribution is -2.18. The second kappa shape index (κ2) is 9.44. The van der Waals surface area contributed by atoms with Crippen LogP contribution in [-0.2, 0) is 4.79 Å². The van der Waals surface area contributed by atoms with Crippen molar-refractivity contribution in [1.82, 2.24) is 0 Å². The van der Waals surface area contributed by atoms with Crippen LogP contribution in [0.4, 0.5) is 0 Å². The molecule has 7 heteroatoms. The number of ether oxygens (including phenoxy) is 3. The van der Waals surface area contributed by atoms with Gasteiger partial charge in [-0.3, -0.25) is 0 Å². The Morgan fingerprint density at radius 3 is 2.16 bits per heavy atom. The van der Waals surface area contributed by atoms with Crippen LogP contribution in [-0.4, -0.2) is 19.2 Å². The lowest BCUT2D eigenvalue weighted by Gasteiger charge is -2.10. The summed E-state index contributed by atoms with van der Waals surface area (Å²) in [6.45, 7) is 2.45. The van der Waals surface area contributed by atoms with E-state index < -0.39 is 5.97 Å². The number of carbonyl (C=O) groups excluding carboxylic acids is 1. The van der Waals surface area contributed by atoms with Gasteiger partial charge in [0.1, 0.15) is 11.5 Å². The van der Waals surface area contributed by atoms with Gasteiger partial charge in [0.25, 0.3) is 0 Å². The molecule has 0 heterocycles. The Balaban J connectivity index is 1.92. The smallest absolute Gasteiger partial charge is 0.349 e. The minimum Gasteiger partial charge on any atom is -0.494 e. The molecule has 0 radical (unpaired) electrons. The third kappa shape index (κ3) is 5.76. The van der Waals surface area contributed by atoms with E-state index in [0.29, 0.717) is 32.6 Å². The average Bonchev–Trinajstić information content (AvgIpc) is 2.61. The molecule has 130 valence electrons. The molecule has 2 aromatic carbocycles. The van der Waals surface area contributed by atoms with Gasteiger partial charge in [0.2, 0.25) is 0 Å². The van der Waals surface area contributed by atoms with Gasteiger partial charge in [0.15, 0.2) is 12.4 Å². The predicted octanol–water partition coefficient (Wildman–Crippen LogP) is 4.86. The monoisotopic (exact) mass is 467 g/mol. The number of halogens is 2. The number of benzene rings is 2. The van der Waals surface area contributed by atoms with Gasteiger partial charge in [0, 0.05) is 0 Å². The first-order chi connectivity index (χ1) is 12.0.